The van der Waals surface area contributed by atoms with Crippen LogP contribution in [0.1, 0.15) is 19.8 Å². The van der Waals surface area contributed by atoms with Crippen LogP contribution in [0.15, 0.2) is 18.3 Å². The van der Waals surface area contributed by atoms with E-state index >= 15 is 0 Å². The van der Waals surface area contributed by atoms with Gasteiger partial charge in [0.05, 0.1) is 13.3 Å². The Kier molecular flexibility index (Phi) is 5.64. The fourth-order valence-corrected chi connectivity index (χ4v) is 1.49. The summed E-state index contributed by atoms with van der Waals surface area (Å²) in [5.74, 6) is 2.10. The van der Waals surface area contributed by atoms with E-state index in [0.29, 0.717) is 5.92 Å². The van der Waals surface area contributed by atoms with Crippen molar-refractivity contribution >= 4 is 5.82 Å². The second kappa shape index (κ2) is 7.06. The number of pyridine rings is 1. The molecule has 0 aliphatic heterocycles. The lowest BCUT2D eigenvalue weighted by molar-refractivity contribution is 0.258. The van der Waals surface area contributed by atoms with Gasteiger partial charge in [-0.2, -0.15) is 0 Å². The van der Waals surface area contributed by atoms with Gasteiger partial charge in [-0.05, 0) is 24.5 Å². The van der Waals surface area contributed by atoms with Gasteiger partial charge < -0.3 is 15.2 Å². The van der Waals surface area contributed by atoms with Crippen LogP contribution in [0.2, 0.25) is 0 Å². The summed E-state index contributed by atoms with van der Waals surface area (Å²) in [5.41, 5.74) is 0. The fourth-order valence-electron chi connectivity index (χ4n) is 1.49. The molecule has 0 fully saturated rings. The van der Waals surface area contributed by atoms with E-state index in [1.807, 2.05) is 12.1 Å². The molecule has 1 aromatic heterocycles. The van der Waals surface area contributed by atoms with Gasteiger partial charge in [0.15, 0.2) is 0 Å². The van der Waals surface area contributed by atoms with E-state index in [2.05, 4.69) is 17.2 Å². The van der Waals surface area contributed by atoms with Gasteiger partial charge in [0.25, 0.3) is 0 Å². The molecule has 0 aliphatic rings. The number of anilines is 1. The predicted molar refractivity (Wildman–Crippen MR) is 64.8 cm³/mol. The summed E-state index contributed by atoms with van der Waals surface area (Å²) in [5, 5.41) is 12.1. The van der Waals surface area contributed by atoms with Crippen LogP contribution >= 0.6 is 0 Å². The summed E-state index contributed by atoms with van der Waals surface area (Å²) in [6.07, 6.45) is 3.58. The molecule has 1 aromatic rings. The van der Waals surface area contributed by atoms with E-state index in [9.17, 15) is 0 Å². The van der Waals surface area contributed by atoms with Crippen molar-refractivity contribution < 1.29 is 9.84 Å². The van der Waals surface area contributed by atoms with Crippen LogP contribution in [-0.2, 0) is 0 Å². The molecule has 90 valence electrons. The highest BCUT2D eigenvalue weighted by atomic mass is 16.5. The molecule has 1 atom stereocenters. The van der Waals surface area contributed by atoms with Crippen molar-refractivity contribution in [3.63, 3.8) is 0 Å². The number of aromatic nitrogens is 1. The Labute approximate surface area is 96.7 Å². The molecule has 1 unspecified atom stereocenters. The van der Waals surface area contributed by atoms with E-state index in [0.717, 1.165) is 31.0 Å². The number of methoxy groups -OCH3 is 1. The minimum absolute atomic E-state index is 0.246. The molecule has 1 heterocycles. The smallest absolute Gasteiger partial charge is 0.137 e. The molecular formula is C12H20N2O2. The summed E-state index contributed by atoms with van der Waals surface area (Å²) < 4.78 is 5.03. The topological polar surface area (TPSA) is 54.4 Å². The van der Waals surface area contributed by atoms with Crippen LogP contribution < -0.4 is 10.1 Å². The number of ether oxygens (including phenoxy) is 1. The Hall–Kier alpha value is -1.29. The van der Waals surface area contributed by atoms with Gasteiger partial charge in [-0.1, -0.05) is 13.3 Å². The molecule has 4 heteroatoms. The van der Waals surface area contributed by atoms with Gasteiger partial charge in [-0.25, -0.2) is 4.98 Å². The zero-order chi connectivity index (χ0) is 11.8. The molecule has 0 saturated carbocycles. The molecule has 1 rings (SSSR count). The molecule has 0 aromatic carbocycles. The summed E-state index contributed by atoms with van der Waals surface area (Å²) in [6.45, 7) is 3.22. The van der Waals surface area contributed by atoms with Crippen LogP contribution in [-0.4, -0.2) is 30.4 Å². The summed E-state index contributed by atoms with van der Waals surface area (Å²) in [4.78, 5) is 4.22. The van der Waals surface area contributed by atoms with Crippen molar-refractivity contribution in [2.75, 3.05) is 25.6 Å². The Bertz CT molecular complexity index is 288. The van der Waals surface area contributed by atoms with Crippen LogP contribution in [0.3, 0.4) is 0 Å². The van der Waals surface area contributed by atoms with Crippen molar-refractivity contribution in [2.45, 2.75) is 19.8 Å². The lowest BCUT2D eigenvalue weighted by Gasteiger charge is -2.14. The van der Waals surface area contributed by atoms with Crippen LogP contribution in [0.4, 0.5) is 5.82 Å². The maximum Gasteiger partial charge on any atom is 0.137 e. The average molecular weight is 224 g/mol. The first-order valence-corrected chi connectivity index (χ1v) is 5.65. The molecule has 0 radical (unpaired) electrons. The molecule has 0 spiro atoms. The molecule has 16 heavy (non-hydrogen) atoms. The molecule has 0 bridgehead atoms. The van der Waals surface area contributed by atoms with Gasteiger partial charge in [-0.15, -0.1) is 0 Å². The summed E-state index contributed by atoms with van der Waals surface area (Å²) in [6, 6.07) is 3.77. The number of nitrogens with zero attached hydrogens (tertiary/aromatic N) is 1. The monoisotopic (exact) mass is 224 g/mol. The fraction of sp³-hybridized carbons (Fsp3) is 0.583. The maximum atomic E-state index is 8.87. The number of nitrogens with one attached hydrogen (secondary N) is 1. The number of aliphatic hydroxyl groups excluding tert-OH is 1. The van der Waals surface area contributed by atoms with Crippen molar-refractivity contribution in [3.05, 3.63) is 18.3 Å². The van der Waals surface area contributed by atoms with Crippen LogP contribution in [0.5, 0.6) is 5.75 Å². The number of rotatable bonds is 7. The van der Waals surface area contributed by atoms with Gasteiger partial charge in [-0.3, -0.25) is 0 Å². The van der Waals surface area contributed by atoms with Crippen LogP contribution in [0, 0.1) is 5.92 Å². The predicted octanol–water partition coefficient (Wildman–Crippen LogP) is 1.91. The van der Waals surface area contributed by atoms with Crippen molar-refractivity contribution in [2.24, 2.45) is 5.92 Å². The molecule has 0 saturated heterocycles. The minimum Gasteiger partial charge on any atom is -0.495 e. The summed E-state index contributed by atoms with van der Waals surface area (Å²) >= 11 is 0. The summed E-state index contributed by atoms with van der Waals surface area (Å²) in [7, 11) is 1.62. The first-order valence-electron chi connectivity index (χ1n) is 5.65. The Morgan fingerprint density at radius 1 is 1.50 bits per heavy atom. The second-order valence-corrected chi connectivity index (χ2v) is 3.75. The lowest BCUT2D eigenvalue weighted by Crippen LogP contribution is -2.15. The SMILES string of the molecule is CCC(CCO)CNc1ccc(OC)cn1. The van der Waals surface area contributed by atoms with Gasteiger partial charge in [0, 0.05) is 13.2 Å². The highest BCUT2D eigenvalue weighted by Crippen LogP contribution is 2.13. The van der Waals surface area contributed by atoms with Crippen LogP contribution in [0.25, 0.3) is 0 Å². The lowest BCUT2D eigenvalue weighted by atomic mass is 10.0. The third-order valence-electron chi connectivity index (χ3n) is 2.66. The number of hydrogen-bond donors (Lipinski definition) is 2. The van der Waals surface area contributed by atoms with Crippen molar-refractivity contribution in [3.8, 4) is 5.75 Å². The van der Waals surface area contributed by atoms with E-state index in [-0.39, 0.29) is 6.61 Å². The third kappa shape index (κ3) is 4.06. The third-order valence-corrected chi connectivity index (χ3v) is 2.66. The molecular weight excluding hydrogens is 204 g/mol. The first-order chi connectivity index (χ1) is 7.80. The van der Waals surface area contributed by atoms with E-state index < -0.39 is 0 Å². The zero-order valence-electron chi connectivity index (χ0n) is 9.94. The van der Waals surface area contributed by atoms with E-state index in [1.165, 1.54) is 0 Å². The molecule has 0 aliphatic carbocycles. The zero-order valence-corrected chi connectivity index (χ0v) is 9.94. The number of hydrogen-bond acceptors (Lipinski definition) is 4. The highest BCUT2D eigenvalue weighted by molar-refractivity contribution is 5.37. The van der Waals surface area contributed by atoms with Gasteiger partial charge in [0.1, 0.15) is 11.6 Å². The van der Waals surface area contributed by atoms with Gasteiger partial charge in [0.2, 0.25) is 0 Å². The standard InChI is InChI=1S/C12H20N2O2/c1-3-10(6-7-15)8-13-12-5-4-11(16-2)9-14-12/h4-5,9-10,15H,3,6-8H2,1-2H3,(H,13,14). The quantitative estimate of drug-likeness (QED) is 0.743. The second-order valence-electron chi connectivity index (χ2n) is 3.75. The van der Waals surface area contributed by atoms with Crippen molar-refractivity contribution in [1.82, 2.24) is 4.98 Å². The Morgan fingerprint density at radius 3 is 2.81 bits per heavy atom. The molecule has 0 amide bonds. The van der Waals surface area contributed by atoms with Crippen molar-refractivity contribution in [1.29, 1.82) is 0 Å². The Morgan fingerprint density at radius 2 is 2.31 bits per heavy atom. The van der Waals surface area contributed by atoms with Gasteiger partial charge >= 0.3 is 0 Å². The first kappa shape index (κ1) is 12.8. The normalized spacial score (nSPS) is 12.2. The minimum atomic E-state index is 0.246. The highest BCUT2D eigenvalue weighted by Gasteiger charge is 2.05. The number of aliphatic hydroxyl groups is 1. The average Bonchev–Trinajstić information content (AvgIpc) is 2.35. The Balaban J connectivity index is 2.40. The van der Waals surface area contributed by atoms with E-state index in [4.69, 9.17) is 9.84 Å². The maximum absolute atomic E-state index is 8.87. The van der Waals surface area contributed by atoms with E-state index in [1.54, 1.807) is 13.3 Å². The largest absolute Gasteiger partial charge is 0.495 e. The molecule has 2 N–H and O–H groups in total. The molecule has 4 nitrogen and oxygen atoms in total.